The van der Waals surface area contributed by atoms with E-state index in [0.29, 0.717) is 0 Å². The van der Waals surface area contributed by atoms with Crippen LogP contribution in [0.1, 0.15) is 27.2 Å². The number of carbonyl (C=O) groups is 4. The number of primary amides is 1. The van der Waals surface area contributed by atoms with Crippen LogP contribution in [0.3, 0.4) is 0 Å². The predicted octanol–water partition coefficient (Wildman–Crippen LogP) is -1.74. The molecular formula is C12H22N4O5. The van der Waals surface area contributed by atoms with Crippen molar-refractivity contribution in [3.05, 3.63) is 0 Å². The molecular weight excluding hydrogens is 280 g/mol. The van der Waals surface area contributed by atoms with Crippen molar-refractivity contribution < 1.29 is 24.4 Å². The lowest BCUT2D eigenvalue weighted by molar-refractivity contribution is -0.142. The van der Waals surface area contributed by atoms with E-state index in [9.17, 15) is 19.2 Å². The number of hydroxylamine groups is 1. The Balaban J connectivity index is 4.62. The second kappa shape index (κ2) is 8.90. The highest BCUT2D eigenvalue weighted by Crippen LogP contribution is 2.12. The fraction of sp³-hybridized carbons (Fsp3) is 0.667. The Hall–Kier alpha value is -2.16. The summed E-state index contributed by atoms with van der Waals surface area (Å²) in [4.78, 5) is 45.6. The fourth-order valence-electron chi connectivity index (χ4n) is 1.59. The average Bonchev–Trinajstić information content (AvgIpc) is 2.40. The van der Waals surface area contributed by atoms with Crippen molar-refractivity contribution in [2.45, 2.75) is 33.2 Å². The van der Waals surface area contributed by atoms with Crippen LogP contribution in [0.25, 0.3) is 0 Å². The van der Waals surface area contributed by atoms with E-state index in [1.807, 2.05) is 13.8 Å². The van der Waals surface area contributed by atoms with Gasteiger partial charge in [0.15, 0.2) is 0 Å². The van der Waals surface area contributed by atoms with Crippen molar-refractivity contribution in [2.75, 3.05) is 6.54 Å². The van der Waals surface area contributed by atoms with Crippen molar-refractivity contribution in [3.63, 3.8) is 0 Å². The maximum atomic E-state index is 12.0. The first-order valence-corrected chi connectivity index (χ1v) is 6.49. The van der Waals surface area contributed by atoms with Gasteiger partial charge in [-0.2, -0.15) is 0 Å². The number of hydrogen-bond acceptors (Lipinski definition) is 5. The summed E-state index contributed by atoms with van der Waals surface area (Å²) in [5, 5.41) is 13.2. The van der Waals surface area contributed by atoms with Gasteiger partial charge in [-0.05, 0) is 19.3 Å². The molecule has 0 heterocycles. The number of hydrogen-bond donors (Lipinski definition) is 5. The molecule has 9 heteroatoms. The minimum Gasteiger partial charge on any atom is -0.368 e. The van der Waals surface area contributed by atoms with Gasteiger partial charge in [0.2, 0.25) is 17.7 Å². The van der Waals surface area contributed by atoms with Crippen molar-refractivity contribution >= 4 is 23.6 Å². The topological polar surface area (TPSA) is 151 Å². The largest absolute Gasteiger partial charge is 0.368 e. The number of rotatable bonds is 8. The van der Waals surface area contributed by atoms with Gasteiger partial charge in [-0.3, -0.25) is 24.4 Å². The highest BCUT2D eigenvalue weighted by atomic mass is 16.5. The molecule has 2 unspecified atom stereocenters. The van der Waals surface area contributed by atoms with Gasteiger partial charge in [-0.15, -0.1) is 0 Å². The normalized spacial score (nSPS) is 13.2. The Morgan fingerprint density at radius 1 is 1.05 bits per heavy atom. The summed E-state index contributed by atoms with van der Waals surface area (Å²) < 4.78 is 0. The van der Waals surface area contributed by atoms with Crippen LogP contribution >= 0.6 is 0 Å². The van der Waals surface area contributed by atoms with E-state index in [2.05, 4.69) is 10.6 Å². The van der Waals surface area contributed by atoms with E-state index in [4.69, 9.17) is 10.9 Å². The maximum Gasteiger partial charge on any atom is 0.255 e. The van der Waals surface area contributed by atoms with Crippen LogP contribution in [0.5, 0.6) is 0 Å². The molecule has 120 valence electrons. The summed E-state index contributed by atoms with van der Waals surface area (Å²) in [7, 11) is 0. The second-order valence-corrected chi connectivity index (χ2v) is 5.07. The minimum absolute atomic E-state index is 0.0389. The molecule has 0 aliphatic carbocycles. The molecule has 0 aromatic rings. The van der Waals surface area contributed by atoms with Crippen molar-refractivity contribution in [1.29, 1.82) is 0 Å². The molecule has 0 spiro atoms. The van der Waals surface area contributed by atoms with Gasteiger partial charge in [0, 0.05) is 0 Å². The zero-order valence-corrected chi connectivity index (χ0v) is 12.3. The lowest BCUT2D eigenvalue weighted by Crippen LogP contribution is -2.50. The Morgan fingerprint density at radius 2 is 1.62 bits per heavy atom. The monoisotopic (exact) mass is 302 g/mol. The molecule has 2 atom stereocenters. The molecule has 0 fully saturated rings. The minimum atomic E-state index is -1.11. The van der Waals surface area contributed by atoms with Crippen LogP contribution in [0.15, 0.2) is 0 Å². The quantitative estimate of drug-likeness (QED) is 0.205. The standard InChI is InChI=1S/C12H22N4O5/c1-6(2)4-8(12(20)16-21)11(19)15-7(3)10(18)14-5-9(13)17/h6-8,21H,4-5H2,1-3H3,(H2,13,17)(H,14,18)(H,15,19)(H,16,20). The highest BCUT2D eigenvalue weighted by molar-refractivity contribution is 6.01. The third kappa shape index (κ3) is 7.25. The number of carbonyl (C=O) groups excluding carboxylic acids is 4. The molecule has 0 bridgehead atoms. The number of amides is 4. The van der Waals surface area contributed by atoms with Gasteiger partial charge < -0.3 is 16.4 Å². The first-order valence-electron chi connectivity index (χ1n) is 6.49. The molecule has 0 aromatic carbocycles. The first-order chi connectivity index (χ1) is 9.68. The molecule has 4 amide bonds. The fourth-order valence-corrected chi connectivity index (χ4v) is 1.59. The van der Waals surface area contributed by atoms with E-state index in [-0.39, 0.29) is 18.9 Å². The molecule has 0 saturated carbocycles. The first kappa shape index (κ1) is 18.8. The van der Waals surface area contributed by atoms with Crippen molar-refractivity contribution in [2.24, 2.45) is 17.6 Å². The van der Waals surface area contributed by atoms with Crippen LogP contribution < -0.4 is 21.8 Å². The molecule has 0 rings (SSSR count). The molecule has 0 aromatic heterocycles. The summed E-state index contributed by atoms with van der Waals surface area (Å²) in [6.07, 6.45) is 0.216. The van der Waals surface area contributed by atoms with Gasteiger partial charge in [0.25, 0.3) is 5.91 Å². The highest BCUT2D eigenvalue weighted by Gasteiger charge is 2.29. The Kier molecular flexibility index (Phi) is 7.99. The lowest BCUT2D eigenvalue weighted by Gasteiger charge is -2.19. The molecule has 9 nitrogen and oxygen atoms in total. The van der Waals surface area contributed by atoms with Crippen molar-refractivity contribution in [3.8, 4) is 0 Å². The predicted molar refractivity (Wildman–Crippen MR) is 72.7 cm³/mol. The third-order valence-electron chi connectivity index (χ3n) is 2.64. The Bertz CT molecular complexity index is 410. The SMILES string of the molecule is CC(C)CC(C(=O)NO)C(=O)NC(C)C(=O)NCC(N)=O. The zero-order chi connectivity index (χ0) is 16.6. The van der Waals surface area contributed by atoms with E-state index in [1.165, 1.54) is 12.4 Å². The van der Waals surface area contributed by atoms with Crippen molar-refractivity contribution in [1.82, 2.24) is 16.1 Å². The molecule has 0 aliphatic heterocycles. The van der Waals surface area contributed by atoms with E-state index < -0.39 is 35.6 Å². The average molecular weight is 302 g/mol. The smallest absolute Gasteiger partial charge is 0.255 e. The van der Waals surface area contributed by atoms with Gasteiger partial charge in [0.1, 0.15) is 12.0 Å². The van der Waals surface area contributed by atoms with Gasteiger partial charge in [-0.1, -0.05) is 13.8 Å². The molecule has 6 N–H and O–H groups in total. The summed E-state index contributed by atoms with van der Waals surface area (Å²) in [6.45, 7) is 4.69. The van der Waals surface area contributed by atoms with E-state index >= 15 is 0 Å². The van der Waals surface area contributed by atoms with Gasteiger partial charge in [0.05, 0.1) is 6.54 Å². The maximum absolute atomic E-state index is 12.0. The lowest BCUT2D eigenvalue weighted by atomic mass is 9.95. The summed E-state index contributed by atoms with van der Waals surface area (Å²) in [5.41, 5.74) is 6.31. The van der Waals surface area contributed by atoms with Crippen LogP contribution in [-0.2, 0) is 19.2 Å². The molecule has 0 aliphatic rings. The van der Waals surface area contributed by atoms with Crippen LogP contribution in [-0.4, -0.2) is 41.4 Å². The number of nitrogens with one attached hydrogen (secondary N) is 3. The van der Waals surface area contributed by atoms with E-state index in [0.717, 1.165) is 0 Å². The molecule has 0 saturated heterocycles. The van der Waals surface area contributed by atoms with Crippen LogP contribution in [0, 0.1) is 11.8 Å². The molecule has 21 heavy (non-hydrogen) atoms. The van der Waals surface area contributed by atoms with Gasteiger partial charge >= 0.3 is 0 Å². The number of nitrogens with two attached hydrogens (primary N) is 1. The summed E-state index contributed by atoms with van der Waals surface area (Å²) in [6, 6.07) is -0.946. The zero-order valence-electron chi connectivity index (χ0n) is 12.3. The second-order valence-electron chi connectivity index (χ2n) is 5.07. The van der Waals surface area contributed by atoms with E-state index in [1.54, 1.807) is 0 Å². The Morgan fingerprint density at radius 3 is 2.05 bits per heavy atom. The van der Waals surface area contributed by atoms with Crippen LogP contribution in [0.4, 0.5) is 0 Å². The Labute approximate surface area is 122 Å². The summed E-state index contributed by atoms with van der Waals surface area (Å²) in [5.74, 6) is -3.91. The third-order valence-corrected chi connectivity index (χ3v) is 2.64. The van der Waals surface area contributed by atoms with Gasteiger partial charge in [-0.25, -0.2) is 5.48 Å². The molecule has 0 radical (unpaired) electrons. The van der Waals surface area contributed by atoms with Crippen LogP contribution in [0.2, 0.25) is 0 Å². The summed E-state index contributed by atoms with van der Waals surface area (Å²) >= 11 is 0.